The third-order valence-electron chi connectivity index (χ3n) is 4.92. The molecule has 0 aliphatic heterocycles. The molecule has 3 aromatic rings. The van der Waals surface area contributed by atoms with Crippen molar-refractivity contribution in [1.82, 2.24) is 5.32 Å². The highest BCUT2D eigenvalue weighted by molar-refractivity contribution is 5.91. The lowest BCUT2D eigenvalue weighted by Gasteiger charge is -2.00. The standard InChI is InChI=1S/C24H30N2O4/c1-18(4-2-6-21-14-23(30-17-21)24(27)26-10-9-25)12-22-13-20(16-29-22)7-3-5-19-8-11-28-15-19/h8,11-17H,2-7,9-10,25H2,1H3,(H,26,27)/b18-12+. The number of rotatable bonds is 12. The predicted octanol–water partition coefficient (Wildman–Crippen LogP) is 4.76. The second-order valence-electron chi connectivity index (χ2n) is 7.55. The number of allylic oxidation sites excluding steroid dienone is 1. The van der Waals surface area contributed by atoms with Gasteiger partial charge in [-0.2, -0.15) is 0 Å². The Bertz CT molecular complexity index is 934. The highest BCUT2D eigenvalue weighted by Crippen LogP contribution is 2.18. The van der Waals surface area contributed by atoms with Crippen molar-refractivity contribution in [2.45, 2.75) is 45.4 Å². The number of aryl methyl sites for hydroxylation is 3. The number of hydrogen-bond acceptors (Lipinski definition) is 5. The van der Waals surface area contributed by atoms with Crippen LogP contribution in [0.5, 0.6) is 0 Å². The van der Waals surface area contributed by atoms with E-state index in [1.165, 1.54) is 16.7 Å². The third-order valence-corrected chi connectivity index (χ3v) is 4.92. The SMILES string of the molecule is C/C(=C\c1cc(CCCc2ccoc2)co1)CCCc1coc(C(=O)NCCN)c1. The van der Waals surface area contributed by atoms with Gasteiger partial charge in [0, 0.05) is 13.1 Å². The summed E-state index contributed by atoms with van der Waals surface area (Å²) in [6, 6.07) is 5.92. The zero-order valence-electron chi connectivity index (χ0n) is 17.5. The van der Waals surface area contributed by atoms with Gasteiger partial charge in [0.05, 0.1) is 25.1 Å². The van der Waals surface area contributed by atoms with Crippen molar-refractivity contribution in [3.05, 3.63) is 77.0 Å². The van der Waals surface area contributed by atoms with Crippen LogP contribution in [0.3, 0.4) is 0 Å². The van der Waals surface area contributed by atoms with Gasteiger partial charge in [0.25, 0.3) is 5.91 Å². The highest BCUT2D eigenvalue weighted by atomic mass is 16.3. The van der Waals surface area contributed by atoms with E-state index in [1.54, 1.807) is 24.9 Å². The summed E-state index contributed by atoms with van der Waals surface area (Å²) in [5.74, 6) is 1.01. The largest absolute Gasteiger partial charge is 0.472 e. The lowest BCUT2D eigenvalue weighted by molar-refractivity contribution is 0.0927. The Balaban J connectivity index is 1.39. The average Bonchev–Trinajstić information content (AvgIpc) is 3.49. The zero-order chi connectivity index (χ0) is 21.2. The molecule has 0 saturated heterocycles. The van der Waals surface area contributed by atoms with Crippen LogP contribution < -0.4 is 11.1 Å². The summed E-state index contributed by atoms with van der Waals surface area (Å²) in [5.41, 5.74) is 10.1. The van der Waals surface area contributed by atoms with Crippen LogP contribution in [0, 0.1) is 0 Å². The van der Waals surface area contributed by atoms with Crippen molar-refractivity contribution in [3.8, 4) is 0 Å². The summed E-state index contributed by atoms with van der Waals surface area (Å²) < 4.78 is 16.1. The van der Waals surface area contributed by atoms with Crippen molar-refractivity contribution >= 4 is 12.0 Å². The maximum Gasteiger partial charge on any atom is 0.287 e. The topological polar surface area (TPSA) is 94.5 Å². The highest BCUT2D eigenvalue weighted by Gasteiger charge is 2.10. The van der Waals surface area contributed by atoms with Crippen LogP contribution in [0.4, 0.5) is 0 Å². The lowest BCUT2D eigenvalue weighted by atomic mass is 10.1. The van der Waals surface area contributed by atoms with Crippen LogP contribution in [-0.2, 0) is 19.3 Å². The molecule has 160 valence electrons. The molecule has 0 aliphatic rings. The van der Waals surface area contributed by atoms with E-state index in [2.05, 4.69) is 24.4 Å². The average molecular weight is 411 g/mol. The summed E-state index contributed by atoms with van der Waals surface area (Å²) in [6.07, 6.45) is 15.0. The van der Waals surface area contributed by atoms with Crippen LogP contribution in [0.15, 0.2) is 62.1 Å². The Morgan fingerprint density at radius 2 is 1.80 bits per heavy atom. The van der Waals surface area contributed by atoms with E-state index in [0.717, 1.165) is 49.8 Å². The van der Waals surface area contributed by atoms with E-state index in [4.69, 9.17) is 19.0 Å². The van der Waals surface area contributed by atoms with Crippen molar-refractivity contribution in [3.63, 3.8) is 0 Å². The molecule has 0 radical (unpaired) electrons. The first-order chi connectivity index (χ1) is 14.6. The van der Waals surface area contributed by atoms with E-state index in [1.807, 2.05) is 12.3 Å². The Morgan fingerprint density at radius 1 is 1.03 bits per heavy atom. The van der Waals surface area contributed by atoms with E-state index in [-0.39, 0.29) is 5.91 Å². The molecule has 0 spiro atoms. The Labute approximate surface area is 177 Å². The molecule has 0 bridgehead atoms. The molecule has 6 nitrogen and oxygen atoms in total. The quantitative estimate of drug-likeness (QED) is 0.449. The minimum absolute atomic E-state index is 0.221. The molecule has 1 amide bonds. The molecule has 0 atom stereocenters. The first-order valence-electron chi connectivity index (χ1n) is 10.5. The van der Waals surface area contributed by atoms with Crippen LogP contribution in [-0.4, -0.2) is 19.0 Å². The third kappa shape index (κ3) is 6.81. The molecule has 0 saturated carbocycles. The minimum Gasteiger partial charge on any atom is -0.472 e. The summed E-state index contributed by atoms with van der Waals surface area (Å²) in [5, 5.41) is 2.70. The first kappa shape index (κ1) is 21.7. The second kappa shape index (κ2) is 11.3. The van der Waals surface area contributed by atoms with Crippen molar-refractivity contribution in [2.75, 3.05) is 13.1 Å². The molecule has 30 heavy (non-hydrogen) atoms. The fraction of sp³-hybridized carbons (Fsp3) is 0.375. The van der Waals surface area contributed by atoms with E-state index in [0.29, 0.717) is 18.8 Å². The minimum atomic E-state index is -0.221. The van der Waals surface area contributed by atoms with Gasteiger partial charge in [0.2, 0.25) is 0 Å². The summed E-state index contributed by atoms with van der Waals surface area (Å²) in [4.78, 5) is 11.8. The second-order valence-corrected chi connectivity index (χ2v) is 7.55. The lowest BCUT2D eigenvalue weighted by Crippen LogP contribution is -2.28. The van der Waals surface area contributed by atoms with Crippen LogP contribution in [0.25, 0.3) is 6.08 Å². The molecule has 0 aromatic carbocycles. The number of amides is 1. The maximum absolute atomic E-state index is 11.8. The molecule has 3 rings (SSSR count). The van der Waals surface area contributed by atoms with Gasteiger partial charge in [-0.25, -0.2) is 0 Å². The van der Waals surface area contributed by atoms with Gasteiger partial charge >= 0.3 is 0 Å². The fourth-order valence-electron chi connectivity index (χ4n) is 3.32. The molecule has 3 N–H and O–H groups in total. The van der Waals surface area contributed by atoms with Gasteiger partial charge in [-0.15, -0.1) is 0 Å². The van der Waals surface area contributed by atoms with Gasteiger partial charge in [0.1, 0.15) is 5.76 Å². The van der Waals surface area contributed by atoms with E-state index in [9.17, 15) is 4.79 Å². The van der Waals surface area contributed by atoms with Crippen molar-refractivity contribution in [1.29, 1.82) is 0 Å². The number of nitrogens with two attached hydrogens (primary N) is 1. The smallest absolute Gasteiger partial charge is 0.287 e. The molecule has 3 aromatic heterocycles. The number of furan rings is 3. The van der Waals surface area contributed by atoms with Gasteiger partial charge in [-0.1, -0.05) is 5.57 Å². The maximum atomic E-state index is 11.8. The fourth-order valence-corrected chi connectivity index (χ4v) is 3.32. The Hall–Kier alpha value is -2.99. The van der Waals surface area contributed by atoms with Gasteiger partial charge < -0.3 is 24.3 Å². The first-order valence-corrected chi connectivity index (χ1v) is 10.5. The van der Waals surface area contributed by atoms with Crippen LogP contribution in [0.2, 0.25) is 0 Å². The Kier molecular flexibility index (Phi) is 8.15. The predicted molar refractivity (Wildman–Crippen MR) is 116 cm³/mol. The normalized spacial score (nSPS) is 11.7. The van der Waals surface area contributed by atoms with Gasteiger partial charge in [-0.05, 0) is 86.4 Å². The molecule has 3 heterocycles. The Morgan fingerprint density at radius 3 is 2.60 bits per heavy atom. The molecule has 6 heteroatoms. The number of nitrogens with one attached hydrogen (secondary N) is 1. The molecular weight excluding hydrogens is 380 g/mol. The summed E-state index contributed by atoms with van der Waals surface area (Å²) in [7, 11) is 0. The summed E-state index contributed by atoms with van der Waals surface area (Å²) in [6.45, 7) is 2.97. The number of carbonyl (C=O) groups is 1. The zero-order valence-corrected chi connectivity index (χ0v) is 17.5. The molecular formula is C24H30N2O4. The summed E-state index contributed by atoms with van der Waals surface area (Å²) >= 11 is 0. The van der Waals surface area contributed by atoms with Gasteiger partial charge in [-0.3, -0.25) is 4.79 Å². The monoisotopic (exact) mass is 410 g/mol. The van der Waals surface area contributed by atoms with E-state index < -0.39 is 0 Å². The van der Waals surface area contributed by atoms with Crippen molar-refractivity contribution < 1.29 is 18.0 Å². The van der Waals surface area contributed by atoms with Gasteiger partial charge in [0.15, 0.2) is 5.76 Å². The molecule has 0 fully saturated rings. The van der Waals surface area contributed by atoms with Crippen molar-refractivity contribution in [2.24, 2.45) is 5.73 Å². The van der Waals surface area contributed by atoms with E-state index >= 15 is 0 Å². The van der Waals surface area contributed by atoms with Crippen LogP contribution >= 0.6 is 0 Å². The van der Waals surface area contributed by atoms with Crippen LogP contribution in [0.1, 0.15) is 59.2 Å². The number of hydrogen-bond donors (Lipinski definition) is 2. The molecule has 0 unspecified atom stereocenters. The number of carbonyl (C=O) groups excluding carboxylic acids is 1. The molecule has 0 aliphatic carbocycles.